The molecule has 2 N–H and O–H groups in total. The first kappa shape index (κ1) is 25.2. The van der Waals surface area contributed by atoms with Gasteiger partial charge in [0, 0.05) is 30.4 Å². The summed E-state index contributed by atoms with van der Waals surface area (Å²) < 4.78 is 3.28. The maximum Gasteiger partial charge on any atom is 0.278 e. The standard InChI is InChI=1S/C31H35N7O2/c1-5-13-37-28(39)23-16-32-29(35-27(23)38(37)24-9-8-19-10-12-31(3,40)26(19)34-24)33-22-14-20-7-6-11-30(2)18-36(4)17-21(15-22)25(20)30/h5,8-9,14-16,40H,1,6-7,10-13,17-18H2,2-4H3,(H,32,33,35)/t30-,31-/m0/s1. The summed E-state index contributed by atoms with van der Waals surface area (Å²) in [4.78, 5) is 30.0. The number of hydrogen-bond donors (Lipinski definition) is 2. The number of benzene rings is 1. The van der Waals surface area contributed by atoms with Crippen molar-refractivity contribution in [2.75, 3.05) is 18.9 Å². The van der Waals surface area contributed by atoms with Crippen molar-refractivity contribution in [2.24, 2.45) is 0 Å². The number of fused-ring (bicyclic) bond motifs is 2. The van der Waals surface area contributed by atoms with E-state index in [1.54, 1.807) is 28.6 Å². The molecule has 40 heavy (non-hydrogen) atoms. The first-order chi connectivity index (χ1) is 19.2. The van der Waals surface area contributed by atoms with Crippen LogP contribution in [0.5, 0.6) is 0 Å². The Hall–Kier alpha value is -3.82. The molecule has 3 aromatic heterocycles. The first-order valence-electron chi connectivity index (χ1n) is 14.1. The summed E-state index contributed by atoms with van der Waals surface area (Å²) in [5.74, 6) is 0.945. The number of nitrogens with one attached hydrogen (secondary N) is 1. The number of likely N-dealkylation sites (N-methyl/N-ethyl adjacent to an activating group) is 1. The molecular formula is C31H35N7O2. The second-order valence-corrected chi connectivity index (χ2v) is 12.3. The lowest BCUT2D eigenvalue weighted by Crippen LogP contribution is -2.44. The second-order valence-electron chi connectivity index (χ2n) is 12.3. The van der Waals surface area contributed by atoms with Crippen LogP contribution in [0.2, 0.25) is 0 Å². The Kier molecular flexibility index (Phi) is 5.56. The molecule has 0 fully saturated rings. The van der Waals surface area contributed by atoms with Gasteiger partial charge in [-0.3, -0.25) is 4.79 Å². The number of aliphatic hydroxyl groups is 1. The number of allylic oxidation sites excluding steroid dienone is 1. The van der Waals surface area contributed by atoms with Gasteiger partial charge in [-0.15, -0.1) is 6.58 Å². The fraction of sp³-hybridized carbons (Fsp3) is 0.419. The van der Waals surface area contributed by atoms with Gasteiger partial charge in [0.25, 0.3) is 5.56 Å². The third kappa shape index (κ3) is 3.83. The Morgan fingerprint density at radius 3 is 2.77 bits per heavy atom. The van der Waals surface area contributed by atoms with E-state index >= 15 is 0 Å². The molecule has 2 aliphatic carbocycles. The molecule has 1 aromatic carbocycles. The van der Waals surface area contributed by atoms with Gasteiger partial charge in [-0.05, 0) is 86.5 Å². The van der Waals surface area contributed by atoms with E-state index in [1.807, 2.05) is 12.1 Å². The van der Waals surface area contributed by atoms with Crippen molar-refractivity contribution in [1.29, 1.82) is 0 Å². The zero-order valence-corrected chi connectivity index (χ0v) is 23.4. The molecule has 0 unspecified atom stereocenters. The van der Waals surface area contributed by atoms with Gasteiger partial charge in [0.2, 0.25) is 5.95 Å². The Labute approximate surface area is 233 Å². The smallest absolute Gasteiger partial charge is 0.278 e. The van der Waals surface area contributed by atoms with Gasteiger partial charge in [-0.1, -0.05) is 19.1 Å². The van der Waals surface area contributed by atoms with Gasteiger partial charge in [0.15, 0.2) is 11.5 Å². The average molecular weight is 538 g/mol. The maximum absolute atomic E-state index is 13.4. The predicted octanol–water partition coefficient (Wildman–Crippen LogP) is 4.10. The van der Waals surface area contributed by atoms with E-state index in [0.717, 1.165) is 37.2 Å². The second kappa shape index (κ2) is 8.84. The van der Waals surface area contributed by atoms with Crippen LogP contribution in [0.25, 0.3) is 16.9 Å². The zero-order chi connectivity index (χ0) is 27.8. The fourth-order valence-corrected chi connectivity index (χ4v) is 7.33. The first-order valence-corrected chi connectivity index (χ1v) is 14.1. The van der Waals surface area contributed by atoms with Crippen LogP contribution in [0.4, 0.5) is 11.6 Å². The van der Waals surface area contributed by atoms with Crippen LogP contribution in [-0.4, -0.2) is 47.9 Å². The van der Waals surface area contributed by atoms with Crippen LogP contribution in [0.3, 0.4) is 0 Å². The highest BCUT2D eigenvalue weighted by Gasteiger charge is 2.39. The van der Waals surface area contributed by atoms with Gasteiger partial charge >= 0.3 is 0 Å². The molecule has 0 saturated carbocycles. The van der Waals surface area contributed by atoms with Gasteiger partial charge < -0.3 is 15.3 Å². The summed E-state index contributed by atoms with van der Waals surface area (Å²) in [6.45, 7) is 10.3. The summed E-state index contributed by atoms with van der Waals surface area (Å²) in [6, 6.07) is 8.34. The van der Waals surface area contributed by atoms with Crippen molar-refractivity contribution in [1.82, 2.24) is 29.2 Å². The molecule has 0 spiro atoms. The van der Waals surface area contributed by atoms with E-state index in [1.165, 1.54) is 29.5 Å². The SMILES string of the molecule is C=CCn1c(=O)c2cnc(Nc3cc4c5c(c3)CN(C)C[C@]5(C)CCC4)nc2n1-c1ccc2c(n1)[C@@](C)(O)CC2. The van der Waals surface area contributed by atoms with Crippen molar-refractivity contribution >= 4 is 22.7 Å². The number of anilines is 2. The minimum Gasteiger partial charge on any atom is -0.384 e. The van der Waals surface area contributed by atoms with E-state index in [0.29, 0.717) is 34.9 Å². The van der Waals surface area contributed by atoms with Crippen LogP contribution in [0.1, 0.15) is 61.1 Å². The van der Waals surface area contributed by atoms with Gasteiger partial charge in [0.1, 0.15) is 11.0 Å². The molecular weight excluding hydrogens is 502 g/mol. The maximum atomic E-state index is 13.4. The molecule has 4 heterocycles. The summed E-state index contributed by atoms with van der Waals surface area (Å²) >= 11 is 0. The van der Waals surface area contributed by atoms with Crippen molar-refractivity contribution in [2.45, 2.75) is 70.1 Å². The van der Waals surface area contributed by atoms with Gasteiger partial charge in [-0.25, -0.2) is 19.3 Å². The highest BCUT2D eigenvalue weighted by molar-refractivity contribution is 5.77. The Balaban J connectivity index is 1.34. The molecule has 9 heteroatoms. The lowest BCUT2D eigenvalue weighted by molar-refractivity contribution is 0.0553. The normalized spacial score (nSPS) is 23.7. The highest BCUT2D eigenvalue weighted by Crippen LogP contribution is 2.44. The topological polar surface area (TPSA) is 101 Å². The van der Waals surface area contributed by atoms with Crippen LogP contribution in [0, 0.1) is 0 Å². The third-order valence-electron chi connectivity index (χ3n) is 8.95. The van der Waals surface area contributed by atoms with Gasteiger partial charge in [0.05, 0.1) is 12.2 Å². The van der Waals surface area contributed by atoms with Crippen LogP contribution in [-0.2, 0) is 36.9 Å². The number of hydrogen-bond acceptors (Lipinski definition) is 7. The number of aromatic nitrogens is 5. The Morgan fingerprint density at radius 1 is 1.12 bits per heavy atom. The van der Waals surface area contributed by atoms with E-state index in [9.17, 15) is 9.90 Å². The summed E-state index contributed by atoms with van der Waals surface area (Å²) in [7, 11) is 2.19. The number of pyridine rings is 1. The summed E-state index contributed by atoms with van der Waals surface area (Å²) in [6.07, 6.45) is 8.14. The minimum atomic E-state index is -1.00. The molecule has 0 amide bonds. The van der Waals surface area contributed by atoms with E-state index in [2.05, 4.69) is 47.9 Å². The molecule has 206 valence electrons. The lowest BCUT2D eigenvalue weighted by Gasteiger charge is -2.45. The molecule has 0 bridgehead atoms. The Bertz CT molecular complexity index is 1750. The molecule has 0 saturated heterocycles. The predicted molar refractivity (Wildman–Crippen MR) is 155 cm³/mol. The molecule has 3 aliphatic rings. The largest absolute Gasteiger partial charge is 0.384 e. The molecule has 1 aliphatic heterocycles. The molecule has 4 aromatic rings. The third-order valence-corrected chi connectivity index (χ3v) is 8.95. The highest BCUT2D eigenvalue weighted by atomic mass is 16.3. The number of aryl methyl sites for hydroxylation is 2. The lowest BCUT2D eigenvalue weighted by atomic mass is 9.67. The van der Waals surface area contributed by atoms with Gasteiger partial charge in [-0.2, -0.15) is 4.98 Å². The number of rotatable bonds is 5. The van der Waals surface area contributed by atoms with Crippen molar-refractivity contribution < 1.29 is 5.11 Å². The quantitative estimate of drug-likeness (QED) is 0.370. The average Bonchev–Trinajstić information content (AvgIpc) is 3.35. The van der Waals surface area contributed by atoms with Crippen LogP contribution in [0.15, 0.2) is 47.9 Å². The van der Waals surface area contributed by atoms with E-state index in [-0.39, 0.29) is 17.5 Å². The molecule has 9 nitrogen and oxygen atoms in total. The van der Waals surface area contributed by atoms with E-state index in [4.69, 9.17) is 9.97 Å². The van der Waals surface area contributed by atoms with Crippen molar-refractivity contribution in [3.63, 3.8) is 0 Å². The molecule has 0 radical (unpaired) electrons. The summed E-state index contributed by atoms with van der Waals surface area (Å²) in [5.41, 5.74) is 6.36. The van der Waals surface area contributed by atoms with E-state index < -0.39 is 5.60 Å². The van der Waals surface area contributed by atoms with Crippen molar-refractivity contribution in [3.05, 3.63) is 81.4 Å². The van der Waals surface area contributed by atoms with Crippen LogP contribution >= 0.6 is 0 Å². The zero-order valence-electron chi connectivity index (χ0n) is 23.4. The van der Waals surface area contributed by atoms with Crippen LogP contribution < -0.4 is 10.9 Å². The van der Waals surface area contributed by atoms with Crippen molar-refractivity contribution in [3.8, 4) is 5.82 Å². The Morgan fingerprint density at radius 2 is 1.95 bits per heavy atom. The monoisotopic (exact) mass is 537 g/mol. The summed E-state index contributed by atoms with van der Waals surface area (Å²) in [5, 5.41) is 14.7. The number of nitrogens with zero attached hydrogens (tertiary/aromatic N) is 6. The minimum absolute atomic E-state index is 0.196. The molecule has 7 rings (SSSR count). The fourth-order valence-electron chi connectivity index (χ4n) is 7.33. The molecule has 2 atom stereocenters.